The van der Waals surface area contributed by atoms with Crippen LogP contribution in [0, 0.1) is 24.7 Å². The highest BCUT2D eigenvalue weighted by Crippen LogP contribution is 2.10. The zero-order valence-corrected chi connectivity index (χ0v) is 48.2. The minimum atomic E-state index is -0.0909. The summed E-state index contributed by atoms with van der Waals surface area (Å²) in [6.07, 6.45) is 16.5. The summed E-state index contributed by atoms with van der Waals surface area (Å²) in [7, 11) is 0. The van der Waals surface area contributed by atoms with Crippen molar-refractivity contribution in [1.29, 1.82) is 0 Å². The standard InChI is InChI=1S/C11H24O3.2C8H18O.C8H14O.C7H12O.C6H13ClO.C6H14O/c1-5-6-12-7-8-13-9-10-14-11(2,3)4;3*1-5-6-7-9-8(2,3)4;1-5-6-8-7(2,3)4;1-6(2,3)8-5-4-7;1-5-7-6(2,3)4/h5-10H2,1-4H3;2*5-7H2,1-4H3;1H,6-7H2,2-4H3;1H,6H2,2-4H3;4-5H2,1-3H3;5H2,1-4H3. The van der Waals surface area contributed by atoms with E-state index in [1.165, 1.54) is 25.7 Å². The number of alkyl halides is 1. The van der Waals surface area contributed by atoms with Crippen LogP contribution in [0.1, 0.15) is 212 Å². The van der Waals surface area contributed by atoms with Gasteiger partial charge in [-0.1, -0.05) is 39.5 Å². The van der Waals surface area contributed by atoms with Crippen molar-refractivity contribution in [3.63, 3.8) is 0 Å². The first-order chi connectivity index (χ1) is 28.9. The number of terminal acetylenes is 2. The number of rotatable bonds is 20. The van der Waals surface area contributed by atoms with Crippen LogP contribution in [0.4, 0.5) is 0 Å². The highest BCUT2D eigenvalue weighted by Gasteiger charge is 2.11. The van der Waals surface area contributed by atoms with Crippen LogP contribution in [-0.2, 0) is 42.6 Å². The highest BCUT2D eigenvalue weighted by atomic mass is 35.5. The van der Waals surface area contributed by atoms with Crippen molar-refractivity contribution >= 4 is 11.6 Å². The molecule has 0 spiro atoms. The van der Waals surface area contributed by atoms with Crippen molar-refractivity contribution < 1.29 is 42.6 Å². The lowest BCUT2D eigenvalue weighted by molar-refractivity contribution is -0.0424. The van der Waals surface area contributed by atoms with Gasteiger partial charge in [-0.25, -0.2) is 0 Å². The average molecular weight is 942 g/mol. The van der Waals surface area contributed by atoms with Gasteiger partial charge in [0.2, 0.25) is 0 Å². The molecule has 0 amide bonds. The lowest BCUT2D eigenvalue weighted by Gasteiger charge is -2.19. The van der Waals surface area contributed by atoms with Gasteiger partial charge in [0.1, 0.15) is 6.61 Å². The second-order valence-corrected chi connectivity index (χ2v) is 21.9. The molecule has 0 aliphatic carbocycles. The predicted molar refractivity (Wildman–Crippen MR) is 280 cm³/mol. The van der Waals surface area contributed by atoms with Gasteiger partial charge in [-0.15, -0.1) is 30.4 Å². The molecule has 0 saturated heterocycles. The summed E-state index contributed by atoms with van der Waals surface area (Å²) in [6.45, 7) is 59.0. The van der Waals surface area contributed by atoms with Gasteiger partial charge in [0.15, 0.2) is 0 Å². The highest BCUT2D eigenvalue weighted by molar-refractivity contribution is 6.17. The zero-order chi connectivity index (χ0) is 52.0. The molecule has 0 bridgehead atoms. The lowest BCUT2D eigenvalue weighted by Crippen LogP contribution is -2.22. The lowest BCUT2D eigenvalue weighted by atomic mass is 10.2. The normalized spacial score (nSPS) is 11.7. The summed E-state index contributed by atoms with van der Waals surface area (Å²) < 4.78 is 48.0. The molecule has 0 unspecified atom stereocenters. The molecule has 0 aromatic carbocycles. The molecule has 0 aromatic rings. The Kier molecular flexibility index (Phi) is 56.9. The van der Waals surface area contributed by atoms with Crippen molar-refractivity contribution in [2.75, 3.05) is 78.6 Å². The molecular weight excluding hydrogens is 828 g/mol. The molecule has 0 atom stereocenters. The maximum Gasteiger partial charge on any atom is 0.108 e. The third kappa shape index (κ3) is 125. The third-order valence-corrected chi connectivity index (χ3v) is 6.26. The first kappa shape index (κ1) is 77.3. The van der Waals surface area contributed by atoms with Gasteiger partial charge in [0.25, 0.3) is 0 Å². The first-order valence-corrected chi connectivity index (χ1v) is 24.5. The molecule has 390 valence electrons. The Hall–Kier alpha value is -0.950. The Morgan fingerprint density at radius 2 is 0.656 bits per heavy atom. The van der Waals surface area contributed by atoms with Gasteiger partial charge < -0.3 is 42.6 Å². The summed E-state index contributed by atoms with van der Waals surface area (Å²) in [5.74, 6) is 5.50. The van der Waals surface area contributed by atoms with Crippen LogP contribution in [0.25, 0.3) is 0 Å². The van der Waals surface area contributed by atoms with Gasteiger partial charge in [-0.3, -0.25) is 0 Å². The maximum absolute atomic E-state index is 5.49. The largest absolute Gasteiger partial charge is 0.379 e. The third-order valence-electron chi connectivity index (χ3n) is 6.11. The number of hydrogen-bond donors (Lipinski definition) is 0. The summed E-state index contributed by atoms with van der Waals surface area (Å²) in [4.78, 5) is 0. The maximum atomic E-state index is 5.49. The minimum absolute atomic E-state index is 0.0328. The van der Waals surface area contributed by atoms with Gasteiger partial charge in [-0.2, -0.15) is 0 Å². The van der Waals surface area contributed by atoms with Crippen LogP contribution in [0.5, 0.6) is 0 Å². The van der Waals surface area contributed by atoms with E-state index in [0.717, 1.165) is 32.8 Å². The molecule has 0 heterocycles. The molecule has 0 rings (SSSR count). The van der Waals surface area contributed by atoms with E-state index in [9.17, 15) is 0 Å². The van der Waals surface area contributed by atoms with E-state index in [4.69, 9.17) is 67.1 Å². The van der Waals surface area contributed by atoms with Crippen LogP contribution >= 0.6 is 11.6 Å². The molecule has 10 heteroatoms. The van der Waals surface area contributed by atoms with E-state index in [1.54, 1.807) is 0 Å². The molecule has 0 saturated carbocycles. The van der Waals surface area contributed by atoms with Gasteiger partial charge >= 0.3 is 0 Å². The van der Waals surface area contributed by atoms with Crippen LogP contribution in [0.3, 0.4) is 0 Å². The second-order valence-electron chi connectivity index (χ2n) is 21.5. The summed E-state index contributed by atoms with van der Waals surface area (Å²) in [5, 5.41) is 0. The molecule has 0 aliphatic heterocycles. The molecule has 0 N–H and O–H groups in total. The summed E-state index contributed by atoms with van der Waals surface area (Å²) >= 11 is 5.38. The van der Waals surface area contributed by atoms with E-state index >= 15 is 0 Å². The SMILES string of the molecule is C#CCCOC(C)(C)C.C#CCOC(C)(C)C.CC(C)(C)OCCCl.CCCCOC(C)(C)C.CCCCOC(C)(C)C.CCCOCCOCCOC(C)(C)C.CCOC(C)(C)C. The molecule has 9 nitrogen and oxygen atoms in total. The Morgan fingerprint density at radius 3 is 0.891 bits per heavy atom. The van der Waals surface area contributed by atoms with Crippen molar-refractivity contribution in [2.45, 2.75) is 251 Å². The van der Waals surface area contributed by atoms with Gasteiger partial charge in [0, 0.05) is 38.7 Å². The van der Waals surface area contributed by atoms with Crippen molar-refractivity contribution in [1.82, 2.24) is 0 Å². The van der Waals surface area contributed by atoms with Crippen LogP contribution in [0.2, 0.25) is 0 Å². The fourth-order valence-electron chi connectivity index (χ4n) is 3.37. The molecule has 64 heavy (non-hydrogen) atoms. The van der Waals surface area contributed by atoms with Crippen LogP contribution in [0.15, 0.2) is 0 Å². The summed E-state index contributed by atoms with van der Waals surface area (Å²) in [5.41, 5.74) is -0.0841. The fourth-order valence-corrected chi connectivity index (χ4v) is 3.45. The smallest absolute Gasteiger partial charge is 0.108 e. The van der Waals surface area contributed by atoms with Crippen LogP contribution in [-0.4, -0.2) is 118 Å². The number of halogens is 1. The van der Waals surface area contributed by atoms with E-state index in [0.29, 0.717) is 58.5 Å². The Morgan fingerprint density at radius 1 is 0.344 bits per heavy atom. The predicted octanol–water partition coefficient (Wildman–Crippen LogP) is 14.6. The van der Waals surface area contributed by atoms with Crippen LogP contribution < -0.4 is 0 Å². The molecular formula is C54H113ClO9. The van der Waals surface area contributed by atoms with Crippen molar-refractivity contribution in [2.24, 2.45) is 0 Å². The molecule has 0 fully saturated rings. The molecule has 0 radical (unpaired) electrons. The van der Waals surface area contributed by atoms with E-state index in [-0.39, 0.29) is 39.2 Å². The second kappa shape index (κ2) is 47.1. The van der Waals surface area contributed by atoms with E-state index in [2.05, 4.69) is 94.9 Å². The molecule has 0 aromatic heterocycles. The van der Waals surface area contributed by atoms with Crippen molar-refractivity contribution in [3.05, 3.63) is 0 Å². The molecule has 0 aliphatic rings. The number of unbranched alkanes of at least 4 members (excludes halogenated alkanes) is 2. The zero-order valence-electron chi connectivity index (χ0n) is 47.4. The Labute approximate surface area is 406 Å². The monoisotopic (exact) mass is 941 g/mol. The van der Waals surface area contributed by atoms with Gasteiger partial charge in [-0.05, 0) is 172 Å². The topological polar surface area (TPSA) is 83.1 Å². The quantitative estimate of drug-likeness (QED) is 0.0673. The average Bonchev–Trinajstić information content (AvgIpc) is 3.10. The van der Waals surface area contributed by atoms with Crippen molar-refractivity contribution in [3.8, 4) is 24.7 Å². The first-order valence-electron chi connectivity index (χ1n) is 24.0. The van der Waals surface area contributed by atoms with E-state index in [1.807, 2.05) is 90.0 Å². The number of ether oxygens (including phenoxy) is 9. The minimum Gasteiger partial charge on any atom is -0.379 e. The Balaban J connectivity index is -0.000000120. The van der Waals surface area contributed by atoms with E-state index < -0.39 is 0 Å². The fraction of sp³-hybridized carbons (Fsp3) is 0.926. The Bertz CT molecular complexity index is 966. The number of hydrogen-bond acceptors (Lipinski definition) is 9. The van der Waals surface area contributed by atoms with Gasteiger partial charge in [0.05, 0.1) is 78.8 Å². The summed E-state index contributed by atoms with van der Waals surface area (Å²) in [6, 6.07) is 0.